The van der Waals surface area contributed by atoms with Gasteiger partial charge in [0.2, 0.25) is 0 Å². The molecule has 1 N–H and O–H groups in total. The highest BCUT2D eigenvalue weighted by Crippen LogP contribution is 2.22. The lowest BCUT2D eigenvalue weighted by Crippen LogP contribution is -1.99. The van der Waals surface area contributed by atoms with Crippen LogP contribution in [-0.2, 0) is 0 Å². The molecule has 0 aliphatic rings. The molecular formula is C19H19N3O. The van der Waals surface area contributed by atoms with Crippen molar-refractivity contribution >= 4 is 11.5 Å². The largest absolute Gasteiger partial charge is 0.497 e. The third kappa shape index (κ3) is 3.66. The van der Waals surface area contributed by atoms with Gasteiger partial charge in [0, 0.05) is 23.0 Å². The van der Waals surface area contributed by atoms with Gasteiger partial charge in [0.05, 0.1) is 7.11 Å². The van der Waals surface area contributed by atoms with Gasteiger partial charge in [-0.15, -0.1) is 0 Å². The molecule has 0 radical (unpaired) electrons. The highest BCUT2D eigenvalue weighted by Gasteiger charge is 2.06. The van der Waals surface area contributed by atoms with Crippen LogP contribution in [0, 0.1) is 13.8 Å². The van der Waals surface area contributed by atoms with Crippen LogP contribution in [0.25, 0.3) is 11.4 Å². The van der Waals surface area contributed by atoms with Gasteiger partial charge in [-0.1, -0.05) is 23.8 Å². The fourth-order valence-corrected chi connectivity index (χ4v) is 2.37. The summed E-state index contributed by atoms with van der Waals surface area (Å²) in [5, 5.41) is 3.31. The summed E-state index contributed by atoms with van der Waals surface area (Å²) < 4.78 is 5.17. The lowest BCUT2D eigenvalue weighted by atomic mass is 10.1. The molecule has 1 heterocycles. The molecule has 2 aromatic carbocycles. The lowest BCUT2D eigenvalue weighted by Gasteiger charge is -2.09. The second-order valence-corrected chi connectivity index (χ2v) is 5.44. The van der Waals surface area contributed by atoms with E-state index >= 15 is 0 Å². The minimum atomic E-state index is 0.727. The van der Waals surface area contributed by atoms with E-state index in [1.54, 1.807) is 7.11 Å². The van der Waals surface area contributed by atoms with E-state index in [1.807, 2.05) is 49.4 Å². The van der Waals surface area contributed by atoms with Gasteiger partial charge in [-0.05, 0) is 44.2 Å². The van der Waals surface area contributed by atoms with Gasteiger partial charge in [-0.3, -0.25) is 0 Å². The zero-order valence-corrected chi connectivity index (χ0v) is 13.5. The molecule has 4 heteroatoms. The van der Waals surface area contributed by atoms with Crippen LogP contribution >= 0.6 is 0 Å². The van der Waals surface area contributed by atoms with Crippen molar-refractivity contribution in [2.24, 2.45) is 0 Å². The van der Waals surface area contributed by atoms with E-state index in [9.17, 15) is 0 Å². The van der Waals surface area contributed by atoms with Crippen molar-refractivity contribution in [1.29, 1.82) is 0 Å². The standard InChI is InChI=1S/C19H19N3O/c1-13-5-4-6-15(11-13)19-20-14(2)12-18(22-19)21-16-7-9-17(23-3)10-8-16/h4-12H,1-3H3,(H,20,21,22). The molecule has 0 atom stereocenters. The zero-order chi connectivity index (χ0) is 16.2. The summed E-state index contributed by atoms with van der Waals surface area (Å²) in [6, 6.07) is 17.9. The first-order valence-corrected chi connectivity index (χ1v) is 7.48. The number of aromatic nitrogens is 2. The third-order valence-corrected chi connectivity index (χ3v) is 3.49. The van der Waals surface area contributed by atoms with Crippen LogP contribution < -0.4 is 10.1 Å². The van der Waals surface area contributed by atoms with Crippen molar-refractivity contribution in [3.05, 3.63) is 65.9 Å². The minimum absolute atomic E-state index is 0.727. The average Bonchev–Trinajstić information content (AvgIpc) is 2.55. The normalized spacial score (nSPS) is 10.4. The third-order valence-electron chi connectivity index (χ3n) is 3.49. The number of rotatable bonds is 4. The predicted molar refractivity (Wildman–Crippen MR) is 93.2 cm³/mol. The molecule has 4 nitrogen and oxygen atoms in total. The molecule has 0 amide bonds. The molecule has 23 heavy (non-hydrogen) atoms. The number of aryl methyl sites for hydroxylation is 2. The van der Waals surface area contributed by atoms with Gasteiger partial charge < -0.3 is 10.1 Å². The first-order valence-electron chi connectivity index (χ1n) is 7.48. The van der Waals surface area contributed by atoms with Gasteiger partial charge in [-0.2, -0.15) is 0 Å². The molecule has 3 aromatic rings. The molecule has 0 unspecified atom stereocenters. The van der Waals surface area contributed by atoms with Crippen LogP contribution in [0.15, 0.2) is 54.6 Å². The summed E-state index contributed by atoms with van der Waals surface area (Å²) in [6.45, 7) is 4.04. The fraction of sp³-hybridized carbons (Fsp3) is 0.158. The van der Waals surface area contributed by atoms with Crippen molar-refractivity contribution < 1.29 is 4.74 Å². The number of ether oxygens (including phenoxy) is 1. The van der Waals surface area contributed by atoms with E-state index in [2.05, 4.69) is 34.3 Å². The zero-order valence-electron chi connectivity index (χ0n) is 13.5. The Balaban J connectivity index is 1.90. The maximum atomic E-state index is 5.17. The molecule has 0 aliphatic heterocycles. The number of hydrogen-bond donors (Lipinski definition) is 1. The molecule has 116 valence electrons. The van der Waals surface area contributed by atoms with Crippen molar-refractivity contribution in [3.8, 4) is 17.1 Å². The van der Waals surface area contributed by atoms with Crippen molar-refractivity contribution in [3.63, 3.8) is 0 Å². The van der Waals surface area contributed by atoms with Crippen molar-refractivity contribution in [2.75, 3.05) is 12.4 Å². The predicted octanol–water partition coefficient (Wildman–Crippen LogP) is 4.51. The Labute approximate surface area is 136 Å². The maximum Gasteiger partial charge on any atom is 0.161 e. The van der Waals surface area contributed by atoms with Gasteiger partial charge in [0.25, 0.3) is 0 Å². The number of nitrogens with one attached hydrogen (secondary N) is 1. The molecule has 0 aliphatic carbocycles. The highest BCUT2D eigenvalue weighted by molar-refractivity contribution is 5.62. The van der Waals surface area contributed by atoms with Gasteiger partial charge in [0.1, 0.15) is 11.6 Å². The molecule has 0 saturated heterocycles. The lowest BCUT2D eigenvalue weighted by molar-refractivity contribution is 0.415. The number of benzene rings is 2. The first kappa shape index (κ1) is 15.0. The van der Waals surface area contributed by atoms with Crippen molar-refractivity contribution in [2.45, 2.75) is 13.8 Å². The smallest absolute Gasteiger partial charge is 0.161 e. The molecule has 0 saturated carbocycles. The van der Waals surface area contributed by atoms with Gasteiger partial charge >= 0.3 is 0 Å². The van der Waals surface area contributed by atoms with E-state index in [-0.39, 0.29) is 0 Å². The summed E-state index contributed by atoms with van der Waals surface area (Å²) >= 11 is 0. The molecule has 0 spiro atoms. The Kier molecular flexibility index (Phi) is 4.24. The fourth-order valence-electron chi connectivity index (χ4n) is 2.37. The summed E-state index contributed by atoms with van der Waals surface area (Å²) in [5.41, 5.74) is 4.09. The topological polar surface area (TPSA) is 47.0 Å². The Bertz CT molecular complexity index is 813. The molecule has 0 fully saturated rings. The number of methoxy groups -OCH3 is 1. The Hall–Kier alpha value is -2.88. The van der Waals surface area contributed by atoms with Crippen LogP contribution in [-0.4, -0.2) is 17.1 Å². The van der Waals surface area contributed by atoms with Crippen LogP contribution in [0.2, 0.25) is 0 Å². The van der Waals surface area contributed by atoms with E-state index in [4.69, 9.17) is 4.74 Å². The van der Waals surface area contributed by atoms with Gasteiger partial charge in [0.15, 0.2) is 5.82 Å². The maximum absolute atomic E-state index is 5.17. The Morgan fingerprint density at radius 2 is 1.70 bits per heavy atom. The quantitative estimate of drug-likeness (QED) is 0.770. The van der Waals surface area contributed by atoms with E-state index in [1.165, 1.54) is 5.56 Å². The van der Waals surface area contributed by atoms with E-state index in [0.717, 1.165) is 34.3 Å². The second-order valence-electron chi connectivity index (χ2n) is 5.44. The van der Waals surface area contributed by atoms with Crippen LogP contribution in [0.4, 0.5) is 11.5 Å². The number of anilines is 2. The summed E-state index contributed by atoms with van der Waals surface area (Å²) in [7, 11) is 1.66. The van der Waals surface area contributed by atoms with Gasteiger partial charge in [-0.25, -0.2) is 9.97 Å². The molecule has 0 bridgehead atoms. The van der Waals surface area contributed by atoms with E-state index in [0.29, 0.717) is 0 Å². The van der Waals surface area contributed by atoms with Crippen LogP contribution in [0.1, 0.15) is 11.3 Å². The average molecular weight is 305 g/mol. The summed E-state index contributed by atoms with van der Waals surface area (Å²) in [5.74, 6) is 2.33. The highest BCUT2D eigenvalue weighted by atomic mass is 16.5. The van der Waals surface area contributed by atoms with Crippen LogP contribution in [0.3, 0.4) is 0 Å². The SMILES string of the molecule is COc1ccc(Nc2cc(C)nc(-c3cccc(C)c3)n2)cc1. The second kappa shape index (κ2) is 6.48. The summed E-state index contributed by atoms with van der Waals surface area (Å²) in [6.07, 6.45) is 0. The molecular weight excluding hydrogens is 286 g/mol. The molecule has 3 rings (SSSR count). The van der Waals surface area contributed by atoms with Crippen molar-refractivity contribution in [1.82, 2.24) is 9.97 Å². The minimum Gasteiger partial charge on any atom is -0.497 e. The Morgan fingerprint density at radius 1 is 0.913 bits per heavy atom. The first-order chi connectivity index (χ1) is 11.1. The number of hydrogen-bond acceptors (Lipinski definition) is 4. The van der Waals surface area contributed by atoms with E-state index < -0.39 is 0 Å². The summed E-state index contributed by atoms with van der Waals surface area (Å²) in [4.78, 5) is 9.17. The Morgan fingerprint density at radius 3 is 2.39 bits per heavy atom. The monoisotopic (exact) mass is 305 g/mol. The van der Waals surface area contributed by atoms with Crippen LogP contribution in [0.5, 0.6) is 5.75 Å². The number of nitrogens with zero attached hydrogens (tertiary/aromatic N) is 2. The molecule has 1 aromatic heterocycles.